The number of aromatic amines is 2. The van der Waals surface area contributed by atoms with Crippen molar-refractivity contribution < 1.29 is 28.7 Å². The van der Waals surface area contributed by atoms with Gasteiger partial charge < -0.3 is 36.0 Å². The standard InChI is InChI=1S/C39H45N7O6/c1-7-21(2)34(38(50)42-24(5)39(51)52-6)46-33(47)20-41-37(49)32(18-27-19-40-29-11-9-8-10-28(27)29)45-36(48)26-14-12-25(13-15-26)35-43-30-16-22(3)23(4)17-31(30)44-35/h8-17,19,21,24,32,34,40H,7,18,20H2,1-6H3,(H,41,49)(H,42,50)(H,43,44)(H,45,48)(H,46,47)/t21-,24-,32-,34-/m0/s1. The Morgan fingerprint density at radius 3 is 2.29 bits per heavy atom. The number of benzene rings is 3. The summed E-state index contributed by atoms with van der Waals surface area (Å²) in [7, 11) is 1.22. The number of hydrogen-bond donors (Lipinski definition) is 6. The van der Waals surface area contributed by atoms with E-state index in [9.17, 15) is 24.0 Å². The van der Waals surface area contributed by atoms with Gasteiger partial charge in [0.25, 0.3) is 5.91 Å². The number of carbonyl (C=O) groups is 5. The summed E-state index contributed by atoms with van der Waals surface area (Å²) < 4.78 is 4.68. The second-order valence-corrected chi connectivity index (χ2v) is 13.1. The SMILES string of the molecule is CC[C@H](C)[C@H](NC(=O)CNC(=O)[C@H](Cc1c[nH]c2ccccc12)NC(=O)c1ccc(-c2nc3cc(C)c(C)cc3[nH]2)cc1)C(=O)N[C@@H](C)C(=O)OC. The second-order valence-electron chi connectivity index (χ2n) is 13.1. The van der Waals surface area contributed by atoms with E-state index < -0.39 is 54.3 Å². The Morgan fingerprint density at radius 1 is 0.865 bits per heavy atom. The number of nitrogens with zero attached hydrogens (tertiary/aromatic N) is 1. The van der Waals surface area contributed by atoms with Crippen molar-refractivity contribution in [2.75, 3.05) is 13.7 Å². The highest BCUT2D eigenvalue weighted by molar-refractivity contribution is 5.99. The van der Waals surface area contributed by atoms with Gasteiger partial charge in [-0.05, 0) is 73.7 Å². The predicted molar refractivity (Wildman–Crippen MR) is 198 cm³/mol. The maximum atomic E-state index is 13.7. The van der Waals surface area contributed by atoms with Crippen molar-refractivity contribution in [2.45, 2.75) is 65.6 Å². The fourth-order valence-corrected chi connectivity index (χ4v) is 5.91. The van der Waals surface area contributed by atoms with Crippen LogP contribution in [0.25, 0.3) is 33.3 Å². The molecule has 3 aromatic carbocycles. The number of nitrogens with one attached hydrogen (secondary N) is 6. The van der Waals surface area contributed by atoms with Gasteiger partial charge in [0.1, 0.15) is 23.9 Å². The molecule has 13 heteroatoms. The third kappa shape index (κ3) is 8.66. The molecule has 0 fully saturated rings. The molecule has 0 unspecified atom stereocenters. The largest absolute Gasteiger partial charge is 0.467 e. The van der Waals surface area contributed by atoms with Crippen molar-refractivity contribution >= 4 is 51.5 Å². The Labute approximate surface area is 301 Å². The number of H-pyrrole nitrogens is 2. The molecule has 5 rings (SSSR count). The molecule has 0 bridgehead atoms. The third-order valence-corrected chi connectivity index (χ3v) is 9.39. The first-order chi connectivity index (χ1) is 24.9. The number of hydrogen-bond acceptors (Lipinski definition) is 7. The monoisotopic (exact) mass is 707 g/mol. The molecule has 0 aliphatic rings. The summed E-state index contributed by atoms with van der Waals surface area (Å²) in [5, 5.41) is 11.6. The molecule has 13 nitrogen and oxygen atoms in total. The molecular weight excluding hydrogens is 662 g/mol. The Hall–Kier alpha value is -5.98. The molecule has 0 saturated carbocycles. The zero-order valence-electron chi connectivity index (χ0n) is 30.2. The fraction of sp³-hybridized carbons (Fsp3) is 0.333. The van der Waals surface area contributed by atoms with Gasteiger partial charge in [-0.15, -0.1) is 0 Å². The first kappa shape index (κ1) is 37.3. The topological polar surface area (TPSA) is 187 Å². The molecule has 6 N–H and O–H groups in total. The molecule has 4 atom stereocenters. The van der Waals surface area contributed by atoms with E-state index in [1.165, 1.54) is 14.0 Å². The summed E-state index contributed by atoms with van der Waals surface area (Å²) in [6.07, 6.45) is 2.50. The number of fused-ring (bicyclic) bond motifs is 2. The van der Waals surface area contributed by atoms with Gasteiger partial charge in [0, 0.05) is 34.6 Å². The quantitative estimate of drug-likeness (QED) is 0.0942. The molecule has 0 aliphatic carbocycles. The van der Waals surface area contributed by atoms with Crippen LogP contribution >= 0.6 is 0 Å². The van der Waals surface area contributed by atoms with Crippen LogP contribution in [0, 0.1) is 19.8 Å². The maximum absolute atomic E-state index is 13.7. The lowest BCUT2D eigenvalue weighted by Gasteiger charge is -2.25. The molecule has 5 aromatic rings. The number of ether oxygens (including phenoxy) is 1. The molecule has 0 aliphatic heterocycles. The Balaban J connectivity index is 1.29. The lowest BCUT2D eigenvalue weighted by molar-refractivity contribution is -0.145. The van der Waals surface area contributed by atoms with E-state index in [2.05, 4.69) is 42.0 Å². The van der Waals surface area contributed by atoms with E-state index in [0.29, 0.717) is 17.8 Å². The Morgan fingerprint density at radius 2 is 1.58 bits per heavy atom. The fourth-order valence-electron chi connectivity index (χ4n) is 5.91. The van der Waals surface area contributed by atoms with Crippen LogP contribution in [-0.2, 0) is 30.3 Å². The molecule has 272 valence electrons. The summed E-state index contributed by atoms with van der Waals surface area (Å²) in [6.45, 7) is 8.79. The molecule has 4 amide bonds. The summed E-state index contributed by atoms with van der Waals surface area (Å²) in [5.41, 5.74) is 6.90. The number of esters is 1. The average Bonchev–Trinajstić information content (AvgIpc) is 3.75. The van der Waals surface area contributed by atoms with Crippen LogP contribution in [0.1, 0.15) is 54.2 Å². The summed E-state index contributed by atoms with van der Waals surface area (Å²) in [6, 6.07) is 15.7. The number of rotatable bonds is 14. The van der Waals surface area contributed by atoms with E-state index in [4.69, 9.17) is 4.98 Å². The van der Waals surface area contributed by atoms with Crippen LogP contribution in [0.15, 0.2) is 66.9 Å². The van der Waals surface area contributed by atoms with Crippen LogP contribution in [-0.4, -0.2) is 76.3 Å². The van der Waals surface area contributed by atoms with Crippen LogP contribution < -0.4 is 21.3 Å². The van der Waals surface area contributed by atoms with Gasteiger partial charge in [0.15, 0.2) is 0 Å². The number of aromatic nitrogens is 3. The van der Waals surface area contributed by atoms with Crippen molar-refractivity contribution in [1.29, 1.82) is 0 Å². The maximum Gasteiger partial charge on any atom is 0.328 e. The van der Waals surface area contributed by atoms with Crippen LogP contribution in [0.5, 0.6) is 0 Å². The normalized spacial score (nSPS) is 13.5. The Kier molecular flexibility index (Phi) is 11.7. The Bertz CT molecular complexity index is 2060. The van der Waals surface area contributed by atoms with E-state index in [1.54, 1.807) is 37.4 Å². The molecule has 0 spiro atoms. The highest BCUT2D eigenvalue weighted by atomic mass is 16.5. The number of aryl methyl sites for hydroxylation is 2. The summed E-state index contributed by atoms with van der Waals surface area (Å²) >= 11 is 0. The van der Waals surface area contributed by atoms with E-state index in [-0.39, 0.29) is 12.3 Å². The van der Waals surface area contributed by atoms with Crippen molar-refractivity contribution in [2.24, 2.45) is 5.92 Å². The smallest absolute Gasteiger partial charge is 0.328 e. The van der Waals surface area contributed by atoms with Crippen molar-refractivity contribution in [3.05, 3.63) is 89.1 Å². The second kappa shape index (κ2) is 16.4. The number of carbonyl (C=O) groups excluding carboxylic acids is 5. The number of methoxy groups -OCH3 is 1. The molecular formula is C39H45N7O6. The predicted octanol–water partition coefficient (Wildman–Crippen LogP) is 3.99. The first-order valence-electron chi connectivity index (χ1n) is 17.3. The molecule has 0 radical (unpaired) electrons. The van der Waals surface area contributed by atoms with Gasteiger partial charge >= 0.3 is 5.97 Å². The minimum absolute atomic E-state index is 0.141. The molecule has 0 saturated heterocycles. The van der Waals surface area contributed by atoms with E-state index in [0.717, 1.165) is 44.2 Å². The highest BCUT2D eigenvalue weighted by Crippen LogP contribution is 2.24. The van der Waals surface area contributed by atoms with Crippen molar-refractivity contribution in [3.8, 4) is 11.4 Å². The van der Waals surface area contributed by atoms with Gasteiger partial charge in [0.2, 0.25) is 17.7 Å². The zero-order valence-corrected chi connectivity index (χ0v) is 30.2. The van der Waals surface area contributed by atoms with Gasteiger partial charge in [-0.2, -0.15) is 0 Å². The molecule has 52 heavy (non-hydrogen) atoms. The van der Waals surface area contributed by atoms with E-state index in [1.807, 2.05) is 51.1 Å². The van der Waals surface area contributed by atoms with Crippen LogP contribution in [0.2, 0.25) is 0 Å². The lowest BCUT2D eigenvalue weighted by atomic mass is 9.98. The van der Waals surface area contributed by atoms with Crippen molar-refractivity contribution in [3.63, 3.8) is 0 Å². The third-order valence-electron chi connectivity index (χ3n) is 9.39. The summed E-state index contributed by atoms with van der Waals surface area (Å²) in [4.78, 5) is 76.3. The number of amides is 4. The molecule has 2 aromatic heterocycles. The van der Waals surface area contributed by atoms with Crippen molar-refractivity contribution in [1.82, 2.24) is 36.2 Å². The van der Waals surface area contributed by atoms with Gasteiger partial charge in [0.05, 0.1) is 24.7 Å². The highest BCUT2D eigenvalue weighted by Gasteiger charge is 2.29. The summed E-state index contributed by atoms with van der Waals surface area (Å²) in [5.74, 6) is -2.43. The van der Waals surface area contributed by atoms with Crippen LogP contribution in [0.4, 0.5) is 0 Å². The van der Waals surface area contributed by atoms with Gasteiger partial charge in [-0.25, -0.2) is 9.78 Å². The minimum Gasteiger partial charge on any atom is -0.467 e. The average molecular weight is 708 g/mol. The lowest BCUT2D eigenvalue weighted by Crippen LogP contribution is -2.56. The minimum atomic E-state index is -1.05. The van der Waals surface area contributed by atoms with E-state index >= 15 is 0 Å². The van der Waals surface area contributed by atoms with Crippen LogP contribution in [0.3, 0.4) is 0 Å². The zero-order chi connectivity index (χ0) is 37.5. The number of para-hydroxylation sites is 1. The first-order valence-corrected chi connectivity index (χ1v) is 17.3. The molecule has 2 heterocycles. The van der Waals surface area contributed by atoms with Gasteiger partial charge in [-0.1, -0.05) is 50.6 Å². The number of imidazole rings is 1. The van der Waals surface area contributed by atoms with Gasteiger partial charge in [-0.3, -0.25) is 19.2 Å².